The Hall–Kier alpha value is -1.38. The Kier molecular flexibility index (Phi) is 3.01. The number of hydrogen-bond donors (Lipinski definition) is 2. The number of allylic oxidation sites excluding steroid dienone is 2. The highest BCUT2D eigenvalue weighted by molar-refractivity contribution is 5.38. The summed E-state index contributed by atoms with van der Waals surface area (Å²) in [6.45, 7) is 0. The second kappa shape index (κ2) is 4.03. The molecule has 0 fully saturated rings. The summed E-state index contributed by atoms with van der Waals surface area (Å²) in [5.74, 6) is 0. The Morgan fingerprint density at radius 1 is 1.62 bits per heavy atom. The van der Waals surface area contributed by atoms with Crippen LogP contribution >= 0.6 is 0 Å². The third kappa shape index (κ3) is 2.05. The lowest BCUT2D eigenvalue weighted by Gasteiger charge is -2.27. The van der Waals surface area contributed by atoms with E-state index in [-0.39, 0.29) is 0 Å². The maximum absolute atomic E-state index is 10.2. The zero-order valence-corrected chi connectivity index (χ0v) is 7.79. The van der Waals surface area contributed by atoms with E-state index in [0.29, 0.717) is 6.42 Å². The molecular formula is C9H13N3O. The Balaban J connectivity index is 2.88. The fraction of sp³-hybridized carbons (Fsp3) is 0.444. The molecule has 13 heavy (non-hydrogen) atoms. The van der Waals surface area contributed by atoms with E-state index in [1.54, 1.807) is 13.1 Å². The molecule has 70 valence electrons. The molecule has 0 aliphatic heterocycles. The third-order valence-electron chi connectivity index (χ3n) is 2.13. The first-order chi connectivity index (χ1) is 6.26. The van der Waals surface area contributed by atoms with Crippen molar-refractivity contribution in [3.63, 3.8) is 0 Å². The van der Waals surface area contributed by atoms with E-state index < -0.39 is 5.66 Å². The normalized spacial score (nSPS) is 26.2. The van der Waals surface area contributed by atoms with Crippen LogP contribution in [0.1, 0.15) is 6.42 Å². The average Bonchev–Trinajstić information content (AvgIpc) is 2.19. The molecule has 0 aromatic carbocycles. The van der Waals surface area contributed by atoms with Crippen molar-refractivity contribution >= 4 is 6.08 Å². The van der Waals surface area contributed by atoms with E-state index in [1.165, 1.54) is 0 Å². The number of likely N-dealkylation sites (N-methyl/N-ethyl adjacent to an activating group) is 1. The second-order valence-corrected chi connectivity index (χ2v) is 2.86. The molecule has 0 radical (unpaired) electrons. The molecule has 1 aliphatic rings. The Morgan fingerprint density at radius 2 is 2.38 bits per heavy atom. The van der Waals surface area contributed by atoms with Gasteiger partial charge in [0.05, 0.1) is 0 Å². The molecule has 4 nitrogen and oxygen atoms in total. The molecule has 4 heteroatoms. The van der Waals surface area contributed by atoms with Crippen LogP contribution in [0, 0.1) is 0 Å². The maximum Gasteiger partial charge on any atom is 0.237 e. The van der Waals surface area contributed by atoms with Gasteiger partial charge < -0.3 is 5.32 Å². The predicted molar refractivity (Wildman–Crippen MR) is 50.8 cm³/mol. The van der Waals surface area contributed by atoms with E-state index in [2.05, 4.69) is 15.6 Å². The first kappa shape index (κ1) is 9.71. The summed E-state index contributed by atoms with van der Waals surface area (Å²) >= 11 is 0. The molecule has 0 bridgehead atoms. The predicted octanol–water partition coefficient (Wildman–Crippen LogP) is 0.301. The van der Waals surface area contributed by atoms with Gasteiger partial charge in [-0.15, -0.1) is 0 Å². The summed E-state index contributed by atoms with van der Waals surface area (Å²) in [6, 6.07) is 0. The number of nitrogens with one attached hydrogen (secondary N) is 2. The average molecular weight is 179 g/mol. The minimum Gasteiger partial charge on any atom is -0.391 e. The highest BCUT2D eigenvalue weighted by Gasteiger charge is 2.27. The number of nitrogens with zero attached hydrogens (tertiary/aromatic N) is 1. The van der Waals surface area contributed by atoms with Crippen LogP contribution in [0.15, 0.2) is 28.9 Å². The summed E-state index contributed by atoms with van der Waals surface area (Å²) in [4.78, 5) is 14.0. The lowest BCUT2D eigenvalue weighted by Crippen LogP contribution is -2.41. The Labute approximate surface area is 77.4 Å². The van der Waals surface area contributed by atoms with E-state index in [1.807, 2.05) is 25.3 Å². The maximum atomic E-state index is 10.2. The molecular weight excluding hydrogens is 166 g/mol. The van der Waals surface area contributed by atoms with Crippen LogP contribution in [-0.4, -0.2) is 25.8 Å². The van der Waals surface area contributed by atoms with Gasteiger partial charge in [-0.2, -0.15) is 4.99 Å². The minimum absolute atomic E-state index is 0.616. The molecule has 0 aromatic rings. The van der Waals surface area contributed by atoms with Gasteiger partial charge in [0, 0.05) is 19.2 Å². The quantitative estimate of drug-likeness (QED) is 0.484. The van der Waals surface area contributed by atoms with Gasteiger partial charge in [0.1, 0.15) is 5.66 Å². The number of hydrogen-bond acceptors (Lipinski definition) is 4. The van der Waals surface area contributed by atoms with Crippen LogP contribution < -0.4 is 10.6 Å². The smallest absolute Gasteiger partial charge is 0.237 e. The van der Waals surface area contributed by atoms with Crippen molar-refractivity contribution in [1.29, 1.82) is 0 Å². The monoisotopic (exact) mass is 179 g/mol. The number of carbonyl (C=O) groups excluding carboxylic acids is 1. The van der Waals surface area contributed by atoms with Crippen molar-refractivity contribution in [1.82, 2.24) is 10.6 Å². The molecule has 1 rings (SSSR count). The lowest BCUT2D eigenvalue weighted by atomic mass is 9.99. The molecule has 0 saturated carbocycles. The molecule has 1 aliphatic carbocycles. The fourth-order valence-electron chi connectivity index (χ4n) is 1.29. The van der Waals surface area contributed by atoms with Gasteiger partial charge in [-0.25, -0.2) is 4.79 Å². The van der Waals surface area contributed by atoms with Crippen LogP contribution in [0.25, 0.3) is 0 Å². The summed E-state index contributed by atoms with van der Waals surface area (Å²) in [6.07, 6.45) is 7.89. The van der Waals surface area contributed by atoms with E-state index >= 15 is 0 Å². The standard InChI is InChI=1S/C9H13N3O/c1-10-8-4-3-5-9(6-8,11-2)12-7-13/h3-5,10-11H,6H2,1-2H3. The van der Waals surface area contributed by atoms with Gasteiger partial charge in [0.15, 0.2) is 0 Å². The largest absolute Gasteiger partial charge is 0.391 e. The first-order valence-electron chi connectivity index (χ1n) is 4.10. The van der Waals surface area contributed by atoms with E-state index in [4.69, 9.17) is 0 Å². The molecule has 0 amide bonds. The van der Waals surface area contributed by atoms with Crippen LogP contribution in [-0.2, 0) is 4.79 Å². The van der Waals surface area contributed by atoms with Crippen molar-refractivity contribution < 1.29 is 4.79 Å². The van der Waals surface area contributed by atoms with E-state index in [0.717, 1.165) is 5.70 Å². The zero-order chi connectivity index (χ0) is 9.73. The topological polar surface area (TPSA) is 53.5 Å². The molecule has 0 spiro atoms. The van der Waals surface area contributed by atoms with Gasteiger partial charge >= 0.3 is 0 Å². The van der Waals surface area contributed by atoms with Crippen molar-refractivity contribution in [3.05, 3.63) is 23.9 Å². The number of rotatable bonds is 3. The second-order valence-electron chi connectivity index (χ2n) is 2.86. The van der Waals surface area contributed by atoms with Gasteiger partial charge in [0.2, 0.25) is 6.08 Å². The lowest BCUT2D eigenvalue weighted by molar-refractivity contribution is 0.434. The van der Waals surface area contributed by atoms with Gasteiger partial charge in [-0.05, 0) is 19.2 Å². The van der Waals surface area contributed by atoms with Gasteiger partial charge in [-0.1, -0.05) is 6.08 Å². The Morgan fingerprint density at radius 3 is 2.92 bits per heavy atom. The molecule has 1 atom stereocenters. The molecule has 0 heterocycles. The van der Waals surface area contributed by atoms with Crippen LogP contribution in [0.3, 0.4) is 0 Å². The summed E-state index contributed by atoms with van der Waals surface area (Å²) < 4.78 is 0. The minimum atomic E-state index is -0.616. The number of aliphatic imine (C=N–C) groups is 1. The summed E-state index contributed by atoms with van der Waals surface area (Å²) in [7, 11) is 3.61. The zero-order valence-electron chi connectivity index (χ0n) is 7.79. The highest BCUT2D eigenvalue weighted by atomic mass is 16.1. The Bertz CT molecular complexity index is 289. The molecule has 1 unspecified atom stereocenters. The fourth-order valence-corrected chi connectivity index (χ4v) is 1.29. The molecule has 0 aromatic heterocycles. The van der Waals surface area contributed by atoms with Crippen LogP contribution in [0.2, 0.25) is 0 Å². The summed E-state index contributed by atoms with van der Waals surface area (Å²) in [5, 5.41) is 6.02. The van der Waals surface area contributed by atoms with Crippen molar-refractivity contribution in [2.24, 2.45) is 4.99 Å². The van der Waals surface area contributed by atoms with Crippen molar-refractivity contribution in [3.8, 4) is 0 Å². The van der Waals surface area contributed by atoms with E-state index in [9.17, 15) is 4.79 Å². The van der Waals surface area contributed by atoms with Crippen LogP contribution in [0.4, 0.5) is 0 Å². The van der Waals surface area contributed by atoms with Gasteiger partial charge in [0.25, 0.3) is 0 Å². The molecule has 2 N–H and O–H groups in total. The first-order valence-corrected chi connectivity index (χ1v) is 4.10. The van der Waals surface area contributed by atoms with Crippen LogP contribution in [0.5, 0.6) is 0 Å². The van der Waals surface area contributed by atoms with Crippen molar-refractivity contribution in [2.45, 2.75) is 12.1 Å². The third-order valence-corrected chi connectivity index (χ3v) is 2.13. The number of isocyanates is 1. The SMILES string of the molecule is CNC1=CC=CC(N=C=O)(NC)C1. The van der Waals surface area contributed by atoms with Crippen molar-refractivity contribution in [2.75, 3.05) is 14.1 Å². The summed E-state index contributed by atoms with van der Waals surface area (Å²) in [5.41, 5.74) is 0.422. The van der Waals surface area contributed by atoms with Gasteiger partial charge in [-0.3, -0.25) is 5.32 Å². The molecule has 0 saturated heterocycles. The highest BCUT2D eigenvalue weighted by Crippen LogP contribution is 2.21.